The van der Waals surface area contributed by atoms with E-state index in [1.165, 1.54) is 17.3 Å². The highest BCUT2D eigenvalue weighted by Gasteiger charge is 2.16. The minimum atomic E-state index is -0.214. The molecule has 1 heterocycles. The zero-order valence-electron chi connectivity index (χ0n) is 19.3. The van der Waals surface area contributed by atoms with Crippen LogP contribution in [-0.2, 0) is 16.1 Å². The molecule has 1 aromatic heterocycles. The van der Waals surface area contributed by atoms with E-state index in [4.69, 9.17) is 4.74 Å². The van der Waals surface area contributed by atoms with Gasteiger partial charge in [-0.2, -0.15) is 0 Å². The highest BCUT2D eigenvalue weighted by Crippen LogP contribution is 2.26. The number of nitrogens with one attached hydrogen (secondary N) is 2. The lowest BCUT2D eigenvalue weighted by Gasteiger charge is -2.12. The molecule has 2 N–H and O–H groups in total. The van der Waals surface area contributed by atoms with Gasteiger partial charge in [-0.1, -0.05) is 42.1 Å². The van der Waals surface area contributed by atoms with E-state index in [-0.39, 0.29) is 24.1 Å². The van der Waals surface area contributed by atoms with E-state index < -0.39 is 0 Å². The largest absolute Gasteiger partial charge is 0.495 e. The first-order chi connectivity index (χ1) is 16.4. The second-order valence-corrected chi connectivity index (χ2v) is 8.80. The van der Waals surface area contributed by atoms with Crippen molar-refractivity contribution in [2.24, 2.45) is 0 Å². The highest BCUT2D eigenvalue weighted by atomic mass is 32.2. The van der Waals surface area contributed by atoms with Crippen LogP contribution >= 0.6 is 11.8 Å². The number of fused-ring (bicyclic) bond motifs is 1. The quantitative estimate of drug-likeness (QED) is 0.350. The molecule has 0 aliphatic heterocycles. The molecule has 3 aromatic carbocycles. The third-order valence-corrected chi connectivity index (χ3v) is 6.40. The number of methoxy groups -OCH3 is 1. The van der Waals surface area contributed by atoms with E-state index in [1.54, 1.807) is 19.2 Å². The Morgan fingerprint density at radius 3 is 2.50 bits per heavy atom. The Hall–Kier alpha value is -3.78. The van der Waals surface area contributed by atoms with Gasteiger partial charge >= 0.3 is 0 Å². The minimum absolute atomic E-state index is 0.0552. The van der Waals surface area contributed by atoms with Crippen molar-refractivity contribution < 1.29 is 14.3 Å². The Balaban J connectivity index is 1.49. The fraction of sp³-hybridized carbons (Fsp3) is 0.192. The first-order valence-electron chi connectivity index (χ1n) is 10.8. The van der Waals surface area contributed by atoms with Crippen LogP contribution in [0.25, 0.3) is 11.0 Å². The van der Waals surface area contributed by atoms with E-state index in [9.17, 15) is 9.59 Å². The predicted molar refractivity (Wildman–Crippen MR) is 137 cm³/mol. The van der Waals surface area contributed by atoms with Crippen molar-refractivity contribution >= 4 is 46.0 Å². The number of benzene rings is 3. The number of hydrogen-bond acceptors (Lipinski definition) is 5. The first kappa shape index (κ1) is 23.4. The van der Waals surface area contributed by atoms with Crippen LogP contribution in [-0.4, -0.2) is 34.2 Å². The monoisotopic (exact) mass is 474 g/mol. The molecule has 7 nitrogen and oxygen atoms in total. The van der Waals surface area contributed by atoms with E-state index >= 15 is 0 Å². The zero-order valence-corrected chi connectivity index (χ0v) is 20.1. The molecule has 0 fully saturated rings. The van der Waals surface area contributed by atoms with E-state index in [1.807, 2.05) is 73.0 Å². The van der Waals surface area contributed by atoms with Gasteiger partial charge in [0.15, 0.2) is 5.16 Å². The summed E-state index contributed by atoms with van der Waals surface area (Å²) in [6.45, 7) is 4.10. The van der Waals surface area contributed by atoms with Gasteiger partial charge in [-0.15, -0.1) is 0 Å². The summed E-state index contributed by atoms with van der Waals surface area (Å²) in [5.41, 5.74) is 5.25. The Bertz CT molecular complexity index is 1350. The van der Waals surface area contributed by atoms with Crippen molar-refractivity contribution in [3.63, 3.8) is 0 Å². The maximum Gasteiger partial charge on any atom is 0.244 e. The van der Waals surface area contributed by atoms with Gasteiger partial charge in [0.2, 0.25) is 11.8 Å². The number of aryl methyl sites for hydroxylation is 2. The molecule has 174 valence electrons. The molecule has 0 saturated carbocycles. The molecule has 4 rings (SSSR count). The highest BCUT2D eigenvalue weighted by molar-refractivity contribution is 7.99. The maximum atomic E-state index is 12.9. The summed E-state index contributed by atoms with van der Waals surface area (Å²) in [5.74, 6) is 0.410. The summed E-state index contributed by atoms with van der Waals surface area (Å²) in [5, 5.41) is 6.43. The van der Waals surface area contributed by atoms with Gasteiger partial charge in [-0.25, -0.2) is 4.98 Å². The number of hydrogen-bond donors (Lipinski definition) is 2. The summed E-state index contributed by atoms with van der Waals surface area (Å²) in [6.07, 6.45) is 0. The maximum absolute atomic E-state index is 12.9. The average molecular weight is 475 g/mol. The Morgan fingerprint density at radius 2 is 1.71 bits per heavy atom. The van der Waals surface area contributed by atoms with Crippen molar-refractivity contribution in [2.45, 2.75) is 25.5 Å². The smallest absolute Gasteiger partial charge is 0.244 e. The number of imidazole rings is 1. The SMILES string of the molecule is COc1ccccc1NC(=O)Cn1c(SCC(=O)Nc2ccc(C)c(C)c2)nc2ccccc21. The van der Waals surface area contributed by atoms with Gasteiger partial charge in [0.25, 0.3) is 0 Å². The molecule has 0 radical (unpaired) electrons. The molecule has 0 unspecified atom stereocenters. The second-order valence-electron chi connectivity index (χ2n) is 7.85. The number of anilines is 2. The summed E-state index contributed by atoms with van der Waals surface area (Å²) < 4.78 is 7.15. The molecule has 0 spiro atoms. The van der Waals surface area contributed by atoms with Gasteiger partial charge in [0.05, 0.1) is 29.6 Å². The minimum Gasteiger partial charge on any atom is -0.495 e. The van der Waals surface area contributed by atoms with Crippen molar-refractivity contribution in [2.75, 3.05) is 23.5 Å². The van der Waals surface area contributed by atoms with Crippen molar-refractivity contribution in [3.8, 4) is 5.75 Å². The third kappa shape index (κ3) is 5.40. The van der Waals surface area contributed by atoms with Crippen LogP contribution in [0.2, 0.25) is 0 Å². The molecule has 0 atom stereocenters. The molecule has 0 aliphatic carbocycles. The number of nitrogens with zero attached hydrogens (tertiary/aromatic N) is 2. The molecule has 4 aromatic rings. The molecule has 34 heavy (non-hydrogen) atoms. The lowest BCUT2D eigenvalue weighted by molar-refractivity contribution is -0.117. The van der Waals surface area contributed by atoms with E-state index in [2.05, 4.69) is 15.6 Å². The van der Waals surface area contributed by atoms with Crippen LogP contribution in [0.1, 0.15) is 11.1 Å². The number of aromatic nitrogens is 2. The summed E-state index contributed by atoms with van der Waals surface area (Å²) in [7, 11) is 1.56. The van der Waals surface area contributed by atoms with Crippen LogP contribution in [0.15, 0.2) is 71.9 Å². The Labute approximate surface area is 202 Å². The number of thioether (sulfide) groups is 1. The van der Waals surface area contributed by atoms with Gasteiger partial charge < -0.3 is 19.9 Å². The van der Waals surface area contributed by atoms with Crippen LogP contribution < -0.4 is 15.4 Å². The lowest BCUT2D eigenvalue weighted by Crippen LogP contribution is -2.20. The van der Waals surface area contributed by atoms with Crippen molar-refractivity contribution in [1.29, 1.82) is 0 Å². The number of rotatable bonds is 8. The number of amides is 2. The van der Waals surface area contributed by atoms with Crippen LogP contribution in [0, 0.1) is 13.8 Å². The van der Waals surface area contributed by atoms with Crippen LogP contribution in [0.5, 0.6) is 5.75 Å². The molecule has 2 amide bonds. The fourth-order valence-corrected chi connectivity index (χ4v) is 4.36. The number of para-hydroxylation sites is 4. The van der Waals surface area contributed by atoms with Gasteiger partial charge in [-0.05, 0) is 61.4 Å². The van der Waals surface area contributed by atoms with Gasteiger partial charge in [0, 0.05) is 5.69 Å². The zero-order chi connectivity index (χ0) is 24.1. The van der Waals surface area contributed by atoms with Crippen LogP contribution in [0.4, 0.5) is 11.4 Å². The normalized spacial score (nSPS) is 10.8. The summed E-state index contributed by atoms with van der Waals surface area (Å²) in [4.78, 5) is 30.1. The number of carbonyl (C=O) groups is 2. The number of carbonyl (C=O) groups excluding carboxylic acids is 2. The predicted octanol–water partition coefficient (Wildman–Crippen LogP) is 5.03. The molecule has 8 heteroatoms. The molecular weight excluding hydrogens is 448 g/mol. The Kier molecular flexibility index (Phi) is 7.18. The van der Waals surface area contributed by atoms with Crippen molar-refractivity contribution in [3.05, 3.63) is 77.9 Å². The van der Waals surface area contributed by atoms with Crippen molar-refractivity contribution in [1.82, 2.24) is 9.55 Å². The Morgan fingerprint density at radius 1 is 0.941 bits per heavy atom. The number of ether oxygens (including phenoxy) is 1. The lowest BCUT2D eigenvalue weighted by atomic mass is 10.1. The van der Waals surface area contributed by atoms with Gasteiger partial charge in [0.1, 0.15) is 12.3 Å². The molecule has 0 saturated heterocycles. The molecular formula is C26H26N4O3S. The van der Waals surface area contributed by atoms with E-state index in [0.717, 1.165) is 22.3 Å². The topological polar surface area (TPSA) is 85.2 Å². The third-order valence-electron chi connectivity index (χ3n) is 5.43. The molecule has 0 aliphatic rings. The summed E-state index contributed by atoms with van der Waals surface area (Å²) >= 11 is 1.30. The molecule has 0 bridgehead atoms. The van der Waals surface area contributed by atoms with Crippen LogP contribution in [0.3, 0.4) is 0 Å². The van der Waals surface area contributed by atoms with Gasteiger partial charge in [-0.3, -0.25) is 9.59 Å². The fourth-order valence-electron chi connectivity index (χ4n) is 3.54. The second kappa shape index (κ2) is 10.4. The summed E-state index contributed by atoms with van der Waals surface area (Å²) in [6, 6.07) is 20.7. The first-order valence-corrected chi connectivity index (χ1v) is 11.8. The average Bonchev–Trinajstić information content (AvgIpc) is 3.17. The standard InChI is InChI=1S/C26H26N4O3S/c1-17-12-13-19(14-18(17)2)27-25(32)16-34-26-29-20-8-4-6-10-22(20)30(26)15-24(31)28-21-9-5-7-11-23(21)33-3/h4-14H,15-16H2,1-3H3,(H,27,32)(H,28,31). The van der Waals surface area contributed by atoms with E-state index in [0.29, 0.717) is 16.6 Å².